The number of amides is 1. The molecule has 1 aliphatic heterocycles. The van der Waals surface area contributed by atoms with E-state index in [1.54, 1.807) is 6.20 Å². The number of rotatable bonds is 6. The maximum absolute atomic E-state index is 12.1. The molecule has 0 aliphatic carbocycles. The third-order valence-corrected chi connectivity index (χ3v) is 5.57. The first-order valence-electron chi connectivity index (χ1n) is 8.87. The number of benzene rings is 1. The van der Waals surface area contributed by atoms with Crippen molar-refractivity contribution in [3.05, 3.63) is 58.8 Å². The topological polar surface area (TPSA) is 45.2 Å². The number of aryl methyl sites for hydroxylation is 1. The van der Waals surface area contributed by atoms with E-state index in [9.17, 15) is 4.79 Å². The van der Waals surface area contributed by atoms with Crippen molar-refractivity contribution in [2.24, 2.45) is 5.92 Å². The van der Waals surface area contributed by atoms with E-state index in [1.165, 1.54) is 11.3 Å². The number of anilines is 1. The Hall–Kier alpha value is -1.88. The minimum atomic E-state index is 0.144. The van der Waals surface area contributed by atoms with Crippen LogP contribution in [-0.2, 0) is 11.2 Å². The highest BCUT2D eigenvalue weighted by molar-refractivity contribution is 9.10. The average Bonchev–Trinajstić information content (AvgIpc) is 2.67. The fourth-order valence-electron chi connectivity index (χ4n) is 3.23. The Balaban J connectivity index is 1.37. The third kappa shape index (κ3) is 5.30. The smallest absolute Gasteiger partial charge is 0.220 e. The maximum Gasteiger partial charge on any atom is 0.220 e. The summed E-state index contributed by atoms with van der Waals surface area (Å²) in [5.74, 6) is 0.714. The molecule has 132 valence electrons. The van der Waals surface area contributed by atoms with Gasteiger partial charge in [0.05, 0.1) is 11.9 Å². The van der Waals surface area contributed by atoms with E-state index >= 15 is 0 Å². The standard InChI is InChI=1S/C20H24BrN3O/c21-19-6-2-1-4-17(19)7-8-20(25)23-14-16-9-12-24(13-10-16)18-5-3-11-22-15-18/h1-6,11,15-16H,7-10,12-14H2,(H,23,25). The molecule has 1 aromatic carbocycles. The molecule has 1 saturated heterocycles. The van der Waals surface area contributed by atoms with Gasteiger partial charge < -0.3 is 10.2 Å². The second-order valence-electron chi connectivity index (χ2n) is 6.54. The molecular weight excluding hydrogens is 378 g/mol. The summed E-state index contributed by atoms with van der Waals surface area (Å²) in [7, 11) is 0. The number of carbonyl (C=O) groups is 1. The predicted octanol–water partition coefficient (Wildman–Crippen LogP) is 3.81. The highest BCUT2D eigenvalue weighted by Gasteiger charge is 2.20. The number of nitrogens with zero attached hydrogens (tertiary/aromatic N) is 2. The number of pyridine rings is 1. The van der Waals surface area contributed by atoms with Crippen molar-refractivity contribution >= 4 is 27.5 Å². The Morgan fingerprint density at radius 3 is 2.72 bits per heavy atom. The van der Waals surface area contributed by atoms with E-state index in [-0.39, 0.29) is 5.91 Å². The Bertz CT molecular complexity index is 684. The van der Waals surface area contributed by atoms with E-state index in [1.807, 2.05) is 30.5 Å². The summed E-state index contributed by atoms with van der Waals surface area (Å²) < 4.78 is 1.07. The summed E-state index contributed by atoms with van der Waals surface area (Å²) in [5, 5.41) is 3.11. The largest absolute Gasteiger partial charge is 0.370 e. The van der Waals surface area contributed by atoms with E-state index in [0.29, 0.717) is 12.3 Å². The van der Waals surface area contributed by atoms with Crippen LogP contribution in [0.15, 0.2) is 53.3 Å². The van der Waals surface area contributed by atoms with Crippen LogP contribution in [0.4, 0.5) is 5.69 Å². The average molecular weight is 402 g/mol. The summed E-state index contributed by atoms with van der Waals surface area (Å²) >= 11 is 3.53. The van der Waals surface area contributed by atoms with Gasteiger partial charge in [0, 0.05) is 36.7 Å². The summed E-state index contributed by atoms with van der Waals surface area (Å²) in [4.78, 5) is 18.7. The lowest BCUT2D eigenvalue weighted by molar-refractivity contribution is -0.121. The van der Waals surface area contributed by atoms with E-state index in [2.05, 4.69) is 43.3 Å². The van der Waals surface area contributed by atoms with Gasteiger partial charge in [-0.2, -0.15) is 0 Å². The Kier molecular flexibility index (Phi) is 6.45. The summed E-state index contributed by atoms with van der Waals surface area (Å²) in [6.07, 6.45) is 7.26. The van der Waals surface area contributed by atoms with Crippen molar-refractivity contribution in [2.75, 3.05) is 24.5 Å². The number of hydrogen-bond acceptors (Lipinski definition) is 3. The molecule has 0 bridgehead atoms. The van der Waals surface area contributed by atoms with Gasteiger partial charge >= 0.3 is 0 Å². The van der Waals surface area contributed by atoms with Crippen LogP contribution in [0.25, 0.3) is 0 Å². The van der Waals surface area contributed by atoms with E-state index < -0.39 is 0 Å². The van der Waals surface area contributed by atoms with Crippen LogP contribution < -0.4 is 10.2 Å². The SMILES string of the molecule is O=C(CCc1ccccc1Br)NCC1CCN(c2cccnc2)CC1. The van der Waals surface area contributed by atoms with Gasteiger partial charge in [-0.1, -0.05) is 34.1 Å². The zero-order valence-electron chi connectivity index (χ0n) is 14.3. The molecule has 0 unspecified atom stereocenters. The van der Waals surface area contributed by atoms with E-state index in [4.69, 9.17) is 0 Å². The highest BCUT2D eigenvalue weighted by Crippen LogP contribution is 2.22. The number of halogens is 1. The molecule has 25 heavy (non-hydrogen) atoms. The molecule has 1 N–H and O–H groups in total. The fourth-order valence-corrected chi connectivity index (χ4v) is 3.72. The molecule has 1 amide bonds. The van der Waals surface area contributed by atoms with Crippen LogP contribution in [0.5, 0.6) is 0 Å². The first-order valence-corrected chi connectivity index (χ1v) is 9.67. The van der Waals surface area contributed by atoms with Gasteiger partial charge in [0.2, 0.25) is 5.91 Å². The van der Waals surface area contributed by atoms with Gasteiger partial charge in [-0.25, -0.2) is 0 Å². The van der Waals surface area contributed by atoms with Crippen LogP contribution in [0, 0.1) is 5.92 Å². The first kappa shape index (κ1) is 17.9. The molecule has 1 aromatic heterocycles. The number of carbonyl (C=O) groups excluding carboxylic acids is 1. The lowest BCUT2D eigenvalue weighted by atomic mass is 9.96. The van der Waals surface area contributed by atoms with Crippen molar-refractivity contribution in [1.29, 1.82) is 0 Å². The van der Waals surface area contributed by atoms with E-state index in [0.717, 1.165) is 43.4 Å². The molecule has 1 fully saturated rings. The van der Waals surface area contributed by atoms with Crippen LogP contribution in [0.2, 0.25) is 0 Å². The quantitative estimate of drug-likeness (QED) is 0.800. The van der Waals surface area contributed by atoms with Crippen molar-refractivity contribution in [1.82, 2.24) is 10.3 Å². The van der Waals surface area contributed by atoms with Crippen LogP contribution >= 0.6 is 15.9 Å². The third-order valence-electron chi connectivity index (χ3n) is 4.79. The Morgan fingerprint density at radius 2 is 2.00 bits per heavy atom. The first-order chi connectivity index (χ1) is 12.2. The summed E-state index contributed by atoms with van der Waals surface area (Å²) in [6, 6.07) is 12.2. The summed E-state index contributed by atoms with van der Waals surface area (Å²) in [5.41, 5.74) is 2.38. The van der Waals surface area contributed by atoms with Crippen LogP contribution in [-0.4, -0.2) is 30.5 Å². The van der Waals surface area contributed by atoms with Gasteiger partial charge in [-0.3, -0.25) is 9.78 Å². The van der Waals surface area contributed by atoms with Gasteiger partial charge in [0.1, 0.15) is 0 Å². The molecule has 5 heteroatoms. The molecule has 1 aliphatic rings. The van der Waals surface area contributed by atoms with Crippen molar-refractivity contribution < 1.29 is 4.79 Å². The molecule has 2 aromatic rings. The van der Waals surface area contributed by atoms with Crippen LogP contribution in [0.3, 0.4) is 0 Å². The van der Waals surface area contributed by atoms with Crippen molar-refractivity contribution in [3.8, 4) is 0 Å². The zero-order valence-corrected chi connectivity index (χ0v) is 15.9. The zero-order chi connectivity index (χ0) is 17.5. The normalized spacial score (nSPS) is 15.2. The molecule has 3 rings (SSSR count). The number of piperidine rings is 1. The van der Waals surface area contributed by atoms with Crippen molar-refractivity contribution in [3.63, 3.8) is 0 Å². The summed E-state index contributed by atoms with van der Waals surface area (Å²) in [6.45, 7) is 2.85. The number of aromatic nitrogens is 1. The van der Waals surface area contributed by atoms with Gasteiger partial charge in [0.25, 0.3) is 0 Å². The Morgan fingerprint density at radius 1 is 1.20 bits per heavy atom. The molecule has 0 radical (unpaired) electrons. The lowest BCUT2D eigenvalue weighted by Crippen LogP contribution is -2.38. The molecule has 4 nitrogen and oxygen atoms in total. The maximum atomic E-state index is 12.1. The fraction of sp³-hybridized carbons (Fsp3) is 0.400. The second-order valence-corrected chi connectivity index (χ2v) is 7.39. The van der Waals surface area contributed by atoms with Gasteiger partial charge in [-0.15, -0.1) is 0 Å². The molecule has 0 saturated carbocycles. The highest BCUT2D eigenvalue weighted by atomic mass is 79.9. The van der Waals surface area contributed by atoms with Gasteiger partial charge in [0.15, 0.2) is 0 Å². The Labute approximate surface area is 157 Å². The predicted molar refractivity (Wildman–Crippen MR) is 105 cm³/mol. The lowest BCUT2D eigenvalue weighted by Gasteiger charge is -2.33. The number of hydrogen-bond donors (Lipinski definition) is 1. The van der Waals surface area contributed by atoms with Gasteiger partial charge in [-0.05, 0) is 48.9 Å². The molecular formula is C20H24BrN3O. The molecule has 0 atom stereocenters. The molecule has 0 spiro atoms. The minimum Gasteiger partial charge on any atom is -0.370 e. The second kappa shape index (κ2) is 8.99. The van der Waals surface area contributed by atoms with Crippen molar-refractivity contribution in [2.45, 2.75) is 25.7 Å². The minimum absolute atomic E-state index is 0.144. The number of nitrogens with one attached hydrogen (secondary N) is 1. The monoisotopic (exact) mass is 401 g/mol. The molecule has 2 heterocycles. The van der Waals surface area contributed by atoms with Crippen LogP contribution in [0.1, 0.15) is 24.8 Å².